The van der Waals surface area contributed by atoms with Crippen LogP contribution in [0.2, 0.25) is 8.67 Å². The van der Waals surface area contributed by atoms with E-state index in [0.29, 0.717) is 12.0 Å². The van der Waals surface area contributed by atoms with Crippen LogP contribution in [-0.4, -0.2) is 6.54 Å². The van der Waals surface area contributed by atoms with Crippen LogP contribution in [0.15, 0.2) is 30.3 Å². The molecule has 0 spiro atoms. The summed E-state index contributed by atoms with van der Waals surface area (Å²) in [6.07, 6.45) is 3.45. The molecule has 1 heterocycles. The molecule has 0 fully saturated rings. The van der Waals surface area contributed by atoms with Gasteiger partial charge in [0, 0.05) is 11.6 Å². The van der Waals surface area contributed by atoms with E-state index >= 15 is 0 Å². The first-order chi connectivity index (χ1) is 10.2. The van der Waals surface area contributed by atoms with Crippen molar-refractivity contribution in [2.45, 2.75) is 32.2 Å². The molecule has 0 aliphatic heterocycles. The minimum absolute atomic E-state index is 0.291. The molecule has 1 N–H and O–H groups in total. The molecule has 1 aromatic heterocycles. The van der Waals surface area contributed by atoms with Crippen molar-refractivity contribution >= 4 is 34.5 Å². The number of fused-ring (bicyclic) bond motifs is 1. The molecule has 0 amide bonds. The Morgan fingerprint density at radius 2 is 2.05 bits per heavy atom. The number of rotatable bonds is 4. The maximum atomic E-state index is 6.39. The van der Waals surface area contributed by atoms with E-state index in [0.717, 1.165) is 33.6 Å². The molecule has 2 unspecified atom stereocenters. The summed E-state index contributed by atoms with van der Waals surface area (Å²) in [4.78, 5) is 0. The van der Waals surface area contributed by atoms with Gasteiger partial charge < -0.3 is 5.32 Å². The summed E-state index contributed by atoms with van der Waals surface area (Å²) in [6.45, 7) is 3.08. The first-order valence-corrected chi connectivity index (χ1v) is 9.01. The van der Waals surface area contributed by atoms with E-state index in [1.807, 2.05) is 6.07 Å². The van der Waals surface area contributed by atoms with Crippen LogP contribution in [0.25, 0.3) is 0 Å². The number of benzene rings is 1. The number of halogens is 2. The lowest BCUT2D eigenvalue weighted by molar-refractivity contribution is 0.331. The predicted octanol–water partition coefficient (Wildman–Crippen LogP) is 5.51. The van der Waals surface area contributed by atoms with E-state index in [-0.39, 0.29) is 0 Å². The van der Waals surface area contributed by atoms with Crippen LogP contribution >= 0.6 is 34.5 Å². The summed E-state index contributed by atoms with van der Waals surface area (Å²) in [5, 5.41) is 3.62. The summed E-state index contributed by atoms with van der Waals surface area (Å²) in [6, 6.07) is 11.1. The van der Waals surface area contributed by atoms with E-state index < -0.39 is 0 Å². The molecule has 0 radical (unpaired) electrons. The Morgan fingerprint density at radius 1 is 1.29 bits per heavy atom. The molecule has 1 aliphatic carbocycles. The zero-order valence-electron chi connectivity index (χ0n) is 12.0. The van der Waals surface area contributed by atoms with Gasteiger partial charge in [0.05, 0.1) is 8.67 Å². The van der Waals surface area contributed by atoms with E-state index in [9.17, 15) is 0 Å². The maximum Gasteiger partial charge on any atom is 0.0992 e. The van der Waals surface area contributed by atoms with Gasteiger partial charge in [-0.2, -0.15) is 0 Å². The third-order valence-corrected chi connectivity index (χ3v) is 5.82. The monoisotopic (exact) mass is 339 g/mol. The molecule has 1 aromatic carbocycles. The fourth-order valence-corrected chi connectivity index (χ4v) is 4.88. The smallest absolute Gasteiger partial charge is 0.0992 e. The van der Waals surface area contributed by atoms with Gasteiger partial charge in [-0.15, -0.1) is 11.3 Å². The number of hydrogen-bond donors (Lipinski definition) is 1. The van der Waals surface area contributed by atoms with Crippen LogP contribution < -0.4 is 5.32 Å². The number of hydrogen-bond acceptors (Lipinski definition) is 2. The molecule has 2 aromatic rings. The third kappa shape index (κ3) is 3.29. The molecule has 2 atom stereocenters. The van der Waals surface area contributed by atoms with Gasteiger partial charge in [-0.3, -0.25) is 0 Å². The predicted molar refractivity (Wildman–Crippen MR) is 92.7 cm³/mol. The Bertz CT molecular complexity index is 623. The molecule has 1 aliphatic rings. The Morgan fingerprint density at radius 3 is 2.71 bits per heavy atom. The lowest BCUT2D eigenvalue weighted by Crippen LogP contribution is -2.31. The van der Waals surface area contributed by atoms with Crippen LogP contribution in [0.3, 0.4) is 0 Å². The second kappa shape index (κ2) is 6.70. The highest BCUT2D eigenvalue weighted by molar-refractivity contribution is 7.20. The zero-order chi connectivity index (χ0) is 14.8. The minimum atomic E-state index is 0.291. The molecular weight excluding hydrogens is 321 g/mol. The van der Waals surface area contributed by atoms with Crippen molar-refractivity contribution in [1.29, 1.82) is 0 Å². The molecule has 0 saturated heterocycles. The van der Waals surface area contributed by atoms with Gasteiger partial charge in [-0.05, 0) is 48.9 Å². The van der Waals surface area contributed by atoms with Gasteiger partial charge in [-0.25, -0.2) is 0 Å². The highest BCUT2D eigenvalue weighted by Gasteiger charge is 2.29. The largest absolute Gasteiger partial charge is 0.310 e. The highest BCUT2D eigenvalue weighted by atomic mass is 35.5. The van der Waals surface area contributed by atoms with Gasteiger partial charge in [0.25, 0.3) is 0 Å². The topological polar surface area (TPSA) is 12.0 Å². The molecule has 0 saturated carbocycles. The van der Waals surface area contributed by atoms with Gasteiger partial charge in [0.2, 0.25) is 0 Å². The number of aryl methyl sites for hydroxylation is 1. The molecule has 0 bridgehead atoms. The van der Waals surface area contributed by atoms with E-state index in [2.05, 4.69) is 36.5 Å². The van der Waals surface area contributed by atoms with Crippen LogP contribution in [0.1, 0.15) is 36.1 Å². The molecular formula is C17H19Cl2NS. The van der Waals surface area contributed by atoms with Crippen LogP contribution in [0.4, 0.5) is 0 Å². The zero-order valence-corrected chi connectivity index (χ0v) is 14.4. The van der Waals surface area contributed by atoms with Gasteiger partial charge >= 0.3 is 0 Å². The second-order valence-electron chi connectivity index (χ2n) is 5.59. The summed E-state index contributed by atoms with van der Waals surface area (Å²) >= 11 is 14.0. The van der Waals surface area contributed by atoms with E-state index in [1.54, 1.807) is 0 Å². The van der Waals surface area contributed by atoms with Crippen molar-refractivity contribution < 1.29 is 0 Å². The Hall–Kier alpha value is -0.540. The lowest BCUT2D eigenvalue weighted by atomic mass is 9.78. The average Bonchev–Trinajstić information content (AvgIpc) is 2.83. The number of nitrogens with one attached hydrogen (secondary N) is 1. The summed E-state index contributed by atoms with van der Waals surface area (Å²) in [7, 11) is 0. The van der Waals surface area contributed by atoms with Gasteiger partial charge in [0.1, 0.15) is 0 Å². The normalized spacial score (nSPS) is 19.3. The van der Waals surface area contributed by atoms with Crippen molar-refractivity contribution in [3.63, 3.8) is 0 Å². The van der Waals surface area contributed by atoms with Crippen molar-refractivity contribution in [3.8, 4) is 0 Å². The fraction of sp³-hybridized carbons (Fsp3) is 0.412. The molecule has 1 nitrogen and oxygen atoms in total. The molecule has 3 rings (SSSR count). The van der Waals surface area contributed by atoms with Crippen molar-refractivity contribution in [1.82, 2.24) is 5.32 Å². The lowest BCUT2D eigenvalue weighted by Gasteiger charge is -2.32. The fourth-order valence-electron chi connectivity index (χ4n) is 3.33. The van der Waals surface area contributed by atoms with Crippen LogP contribution in [0, 0.1) is 5.92 Å². The summed E-state index contributed by atoms with van der Waals surface area (Å²) < 4.78 is 1.60. The quantitative estimate of drug-likeness (QED) is 0.774. The standard InChI is InChI=1S/C17H19Cl2NS/c1-2-20-16(14-10-15(18)21-17(14)19)13-8-7-11-5-3-4-6-12(11)9-13/h3-6,10,13,16,20H,2,7-9H2,1H3. The Kier molecular flexibility index (Phi) is 4.90. The van der Waals surface area contributed by atoms with E-state index in [1.165, 1.54) is 28.9 Å². The second-order valence-corrected chi connectivity index (χ2v) is 7.87. The first-order valence-electron chi connectivity index (χ1n) is 7.44. The van der Waals surface area contributed by atoms with E-state index in [4.69, 9.17) is 23.2 Å². The Labute approximate surface area is 140 Å². The van der Waals surface area contributed by atoms with Crippen molar-refractivity contribution in [3.05, 3.63) is 55.7 Å². The van der Waals surface area contributed by atoms with Crippen molar-refractivity contribution in [2.75, 3.05) is 6.54 Å². The summed E-state index contributed by atoms with van der Waals surface area (Å²) in [5.41, 5.74) is 4.14. The molecule has 4 heteroatoms. The molecule has 21 heavy (non-hydrogen) atoms. The summed E-state index contributed by atoms with van der Waals surface area (Å²) in [5.74, 6) is 0.572. The highest BCUT2D eigenvalue weighted by Crippen LogP contribution is 2.41. The SMILES string of the molecule is CCNC(c1cc(Cl)sc1Cl)C1CCc2ccccc2C1. The van der Waals surface area contributed by atoms with Crippen LogP contribution in [-0.2, 0) is 12.8 Å². The first kappa shape index (κ1) is 15.4. The minimum Gasteiger partial charge on any atom is -0.310 e. The third-order valence-electron chi connectivity index (χ3n) is 4.30. The molecule has 112 valence electrons. The number of thiophene rings is 1. The van der Waals surface area contributed by atoms with Gasteiger partial charge in [0.15, 0.2) is 0 Å². The van der Waals surface area contributed by atoms with Crippen LogP contribution in [0.5, 0.6) is 0 Å². The Balaban J connectivity index is 1.87. The average molecular weight is 340 g/mol. The van der Waals surface area contributed by atoms with Crippen molar-refractivity contribution in [2.24, 2.45) is 5.92 Å². The maximum absolute atomic E-state index is 6.39. The van der Waals surface area contributed by atoms with Gasteiger partial charge in [-0.1, -0.05) is 54.4 Å².